The third-order valence-corrected chi connectivity index (χ3v) is 1.99. The summed E-state index contributed by atoms with van der Waals surface area (Å²) in [5.41, 5.74) is 0. The van der Waals surface area contributed by atoms with Gasteiger partial charge in [0, 0.05) is 13.2 Å². The van der Waals surface area contributed by atoms with Gasteiger partial charge in [-0.2, -0.15) is 0 Å². The zero-order valence-corrected chi connectivity index (χ0v) is 8.49. The first-order valence-corrected chi connectivity index (χ1v) is 4.71. The maximum Gasteiger partial charge on any atom is 0.234 e. The summed E-state index contributed by atoms with van der Waals surface area (Å²) in [7, 11) is 0. The SMILES string of the molecule is CCOC1(OCC)CC(O)=CC=C1O. The lowest BCUT2D eigenvalue weighted by atomic mass is 10.0. The highest BCUT2D eigenvalue weighted by Crippen LogP contribution is 2.31. The topological polar surface area (TPSA) is 58.9 Å². The van der Waals surface area contributed by atoms with E-state index in [0.717, 1.165) is 0 Å². The Morgan fingerprint density at radius 1 is 1.21 bits per heavy atom. The quantitative estimate of drug-likeness (QED) is 0.682. The predicted octanol–water partition coefficient (Wildman–Crippen LogP) is 2.04. The summed E-state index contributed by atoms with van der Waals surface area (Å²) in [6, 6.07) is 0. The number of rotatable bonds is 4. The smallest absolute Gasteiger partial charge is 0.234 e. The van der Waals surface area contributed by atoms with Crippen molar-refractivity contribution in [2.75, 3.05) is 13.2 Å². The molecule has 0 unspecified atom stereocenters. The van der Waals surface area contributed by atoms with E-state index in [-0.39, 0.29) is 17.9 Å². The van der Waals surface area contributed by atoms with Crippen molar-refractivity contribution >= 4 is 0 Å². The van der Waals surface area contributed by atoms with E-state index in [1.165, 1.54) is 12.2 Å². The van der Waals surface area contributed by atoms with Crippen LogP contribution in [-0.2, 0) is 9.47 Å². The maximum atomic E-state index is 9.65. The lowest BCUT2D eigenvalue weighted by molar-refractivity contribution is -0.226. The normalized spacial score (nSPS) is 20.1. The van der Waals surface area contributed by atoms with Crippen LogP contribution in [0, 0.1) is 0 Å². The van der Waals surface area contributed by atoms with Gasteiger partial charge in [-0.05, 0) is 26.0 Å². The van der Waals surface area contributed by atoms with Crippen LogP contribution in [0.5, 0.6) is 0 Å². The lowest BCUT2D eigenvalue weighted by Crippen LogP contribution is -2.40. The van der Waals surface area contributed by atoms with Gasteiger partial charge in [-0.1, -0.05) is 0 Å². The van der Waals surface area contributed by atoms with Gasteiger partial charge < -0.3 is 19.7 Å². The molecule has 1 aliphatic rings. The minimum atomic E-state index is -1.19. The Morgan fingerprint density at radius 2 is 1.79 bits per heavy atom. The Labute approximate surface area is 83.5 Å². The molecule has 0 fully saturated rings. The van der Waals surface area contributed by atoms with Crippen molar-refractivity contribution in [2.24, 2.45) is 0 Å². The molecular weight excluding hydrogens is 184 g/mol. The summed E-state index contributed by atoms with van der Waals surface area (Å²) in [4.78, 5) is 0. The summed E-state index contributed by atoms with van der Waals surface area (Å²) in [6.07, 6.45) is 2.98. The Balaban J connectivity index is 2.87. The average molecular weight is 200 g/mol. The molecular formula is C10H16O4. The third kappa shape index (κ3) is 2.08. The van der Waals surface area contributed by atoms with Gasteiger partial charge in [0.05, 0.1) is 12.2 Å². The van der Waals surface area contributed by atoms with Crippen molar-refractivity contribution < 1.29 is 19.7 Å². The molecule has 0 spiro atoms. The summed E-state index contributed by atoms with van der Waals surface area (Å²) in [5, 5.41) is 19.0. The minimum absolute atomic E-state index is 0.000926. The average Bonchev–Trinajstić information content (AvgIpc) is 2.13. The van der Waals surface area contributed by atoms with E-state index >= 15 is 0 Å². The standard InChI is InChI=1S/C10H16O4/c1-3-13-10(14-4-2)7-8(11)5-6-9(10)12/h5-6,11-12H,3-4,7H2,1-2H3. The number of allylic oxidation sites excluding steroid dienone is 2. The highest BCUT2D eigenvalue weighted by atomic mass is 16.7. The molecule has 0 aromatic rings. The second kappa shape index (κ2) is 4.48. The van der Waals surface area contributed by atoms with Crippen molar-refractivity contribution in [1.29, 1.82) is 0 Å². The number of hydrogen-bond donors (Lipinski definition) is 2. The second-order valence-corrected chi connectivity index (χ2v) is 3.01. The molecule has 0 radical (unpaired) electrons. The number of aliphatic hydroxyl groups is 2. The number of ether oxygens (including phenoxy) is 2. The van der Waals surface area contributed by atoms with Gasteiger partial charge in [-0.15, -0.1) is 0 Å². The second-order valence-electron chi connectivity index (χ2n) is 3.01. The summed E-state index contributed by atoms with van der Waals surface area (Å²) < 4.78 is 10.7. The van der Waals surface area contributed by atoms with Gasteiger partial charge in [-0.3, -0.25) is 0 Å². The Bertz CT molecular complexity index is 249. The summed E-state index contributed by atoms with van der Waals surface area (Å²) >= 11 is 0. The van der Waals surface area contributed by atoms with Crippen molar-refractivity contribution in [3.8, 4) is 0 Å². The van der Waals surface area contributed by atoms with Gasteiger partial charge in [0.1, 0.15) is 0 Å². The molecule has 0 amide bonds. The monoisotopic (exact) mass is 200 g/mol. The van der Waals surface area contributed by atoms with Crippen molar-refractivity contribution in [3.63, 3.8) is 0 Å². The molecule has 80 valence electrons. The molecule has 0 saturated heterocycles. The van der Waals surface area contributed by atoms with Gasteiger partial charge in [0.25, 0.3) is 0 Å². The molecule has 0 aliphatic heterocycles. The van der Waals surface area contributed by atoms with E-state index in [9.17, 15) is 10.2 Å². The van der Waals surface area contributed by atoms with E-state index in [1.807, 2.05) is 13.8 Å². The largest absolute Gasteiger partial charge is 0.512 e. The highest BCUT2D eigenvalue weighted by Gasteiger charge is 2.39. The Kier molecular flexibility index (Phi) is 3.55. The fraction of sp³-hybridized carbons (Fsp3) is 0.600. The first-order valence-electron chi connectivity index (χ1n) is 4.71. The first kappa shape index (κ1) is 11.1. The maximum absolute atomic E-state index is 9.65. The predicted molar refractivity (Wildman–Crippen MR) is 52.0 cm³/mol. The van der Waals surface area contributed by atoms with E-state index in [1.54, 1.807) is 0 Å². The molecule has 0 bridgehead atoms. The molecule has 4 nitrogen and oxygen atoms in total. The molecule has 0 aromatic heterocycles. The molecule has 0 atom stereocenters. The van der Waals surface area contributed by atoms with Crippen LogP contribution in [0.1, 0.15) is 20.3 Å². The van der Waals surface area contributed by atoms with Crippen LogP contribution in [0.15, 0.2) is 23.7 Å². The molecule has 14 heavy (non-hydrogen) atoms. The molecule has 0 heterocycles. The minimum Gasteiger partial charge on any atom is -0.512 e. The van der Waals surface area contributed by atoms with Crippen molar-refractivity contribution in [2.45, 2.75) is 26.1 Å². The van der Waals surface area contributed by atoms with Crippen LogP contribution in [0.2, 0.25) is 0 Å². The summed E-state index contributed by atoms with van der Waals surface area (Å²) in [6.45, 7) is 4.43. The van der Waals surface area contributed by atoms with E-state index in [2.05, 4.69) is 0 Å². The zero-order chi connectivity index (χ0) is 10.6. The van der Waals surface area contributed by atoms with Gasteiger partial charge in [0.15, 0.2) is 5.76 Å². The van der Waals surface area contributed by atoms with E-state index in [4.69, 9.17) is 9.47 Å². The fourth-order valence-corrected chi connectivity index (χ4v) is 1.45. The molecule has 0 aromatic carbocycles. The van der Waals surface area contributed by atoms with Crippen LogP contribution in [0.25, 0.3) is 0 Å². The van der Waals surface area contributed by atoms with Gasteiger partial charge in [0.2, 0.25) is 5.79 Å². The molecule has 4 heteroatoms. The van der Waals surface area contributed by atoms with Gasteiger partial charge in [-0.25, -0.2) is 0 Å². The molecule has 0 saturated carbocycles. The van der Waals surface area contributed by atoms with Crippen LogP contribution >= 0.6 is 0 Å². The molecule has 1 rings (SSSR count). The lowest BCUT2D eigenvalue weighted by Gasteiger charge is -2.33. The van der Waals surface area contributed by atoms with Crippen LogP contribution in [0.3, 0.4) is 0 Å². The van der Waals surface area contributed by atoms with E-state index < -0.39 is 5.79 Å². The third-order valence-electron chi connectivity index (χ3n) is 1.99. The fourth-order valence-electron chi connectivity index (χ4n) is 1.45. The summed E-state index contributed by atoms with van der Waals surface area (Å²) in [5.74, 6) is -1.05. The zero-order valence-electron chi connectivity index (χ0n) is 8.49. The molecule has 2 N–H and O–H groups in total. The van der Waals surface area contributed by atoms with Crippen LogP contribution < -0.4 is 0 Å². The van der Waals surface area contributed by atoms with Crippen molar-refractivity contribution in [1.82, 2.24) is 0 Å². The van der Waals surface area contributed by atoms with Gasteiger partial charge >= 0.3 is 0 Å². The molecule has 1 aliphatic carbocycles. The van der Waals surface area contributed by atoms with Crippen LogP contribution in [-0.4, -0.2) is 29.2 Å². The van der Waals surface area contributed by atoms with Crippen LogP contribution in [0.4, 0.5) is 0 Å². The number of aliphatic hydroxyl groups excluding tert-OH is 2. The highest BCUT2D eigenvalue weighted by molar-refractivity contribution is 5.23. The Morgan fingerprint density at radius 3 is 2.29 bits per heavy atom. The Hall–Kier alpha value is -1.00. The number of hydrogen-bond acceptors (Lipinski definition) is 4. The first-order chi connectivity index (χ1) is 6.64. The van der Waals surface area contributed by atoms with Crippen molar-refractivity contribution in [3.05, 3.63) is 23.7 Å². The van der Waals surface area contributed by atoms with E-state index in [0.29, 0.717) is 13.2 Å².